The molecule has 0 spiro atoms. The van der Waals surface area contributed by atoms with E-state index in [-0.39, 0.29) is 17.4 Å². The molecule has 0 saturated heterocycles. The van der Waals surface area contributed by atoms with E-state index >= 15 is 0 Å². The normalized spacial score (nSPS) is 25.6. The van der Waals surface area contributed by atoms with Gasteiger partial charge < -0.3 is 11.1 Å². The van der Waals surface area contributed by atoms with E-state index in [1.807, 2.05) is 0 Å². The van der Waals surface area contributed by atoms with Crippen molar-refractivity contribution in [1.82, 2.24) is 5.32 Å². The van der Waals surface area contributed by atoms with Gasteiger partial charge in [0.15, 0.2) is 0 Å². The Balaban J connectivity index is 2.44. The molecular formula is C14H28N2O. The highest BCUT2D eigenvalue weighted by atomic mass is 16.1. The number of hydrogen-bond donors (Lipinski definition) is 2. The van der Waals surface area contributed by atoms with Crippen LogP contribution in [0.1, 0.15) is 59.8 Å². The van der Waals surface area contributed by atoms with Gasteiger partial charge in [0.1, 0.15) is 0 Å². The van der Waals surface area contributed by atoms with Crippen molar-refractivity contribution >= 4 is 5.91 Å². The summed E-state index contributed by atoms with van der Waals surface area (Å²) in [6, 6.07) is 0.296. The highest BCUT2D eigenvalue weighted by molar-refractivity contribution is 5.77. The molecule has 1 aliphatic rings. The van der Waals surface area contributed by atoms with Gasteiger partial charge in [0.05, 0.1) is 0 Å². The molecule has 0 aromatic heterocycles. The third-order valence-corrected chi connectivity index (χ3v) is 4.12. The molecule has 0 aromatic rings. The van der Waals surface area contributed by atoms with Crippen LogP contribution in [0.15, 0.2) is 0 Å². The molecule has 2 unspecified atom stereocenters. The molecule has 1 fully saturated rings. The summed E-state index contributed by atoms with van der Waals surface area (Å²) < 4.78 is 0. The zero-order valence-corrected chi connectivity index (χ0v) is 11.8. The van der Waals surface area contributed by atoms with E-state index in [1.165, 1.54) is 19.3 Å². The van der Waals surface area contributed by atoms with E-state index in [0.29, 0.717) is 18.4 Å². The quantitative estimate of drug-likeness (QED) is 0.793. The molecule has 0 aromatic carbocycles. The number of carbonyl (C=O) groups is 1. The largest absolute Gasteiger partial charge is 0.353 e. The minimum absolute atomic E-state index is 0.0262. The van der Waals surface area contributed by atoms with E-state index in [0.717, 1.165) is 6.42 Å². The summed E-state index contributed by atoms with van der Waals surface area (Å²) in [4.78, 5) is 11.9. The maximum Gasteiger partial charge on any atom is 0.221 e. The molecule has 0 aliphatic heterocycles. The smallest absolute Gasteiger partial charge is 0.221 e. The van der Waals surface area contributed by atoms with Crippen LogP contribution in [0.4, 0.5) is 0 Å². The fourth-order valence-corrected chi connectivity index (χ4v) is 2.46. The first-order valence-electron chi connectivity index (χ1n) is 6.88. The summed E-state index contributed by atoms with van der Waals surface area (Å²) >= 11 is 0. The van der Waals surface area contributed by atoms with Crippen molar-refractivity contribution in [1.29, 1.82) is 0 Å². The van der Waals surface area contributed by atoms with E-state index in [2.05, 4.69) is 33.0 Å². The number of amides is 1. The molecule has 1 aliphatic carbocycles. The summed E-state index contributed by atoms with van der Waals surface area (Å²) in [5.41, 5.74) is 6.16. The first kappa shape index (κ1) is 14.5. The van der Waals surface area contributed by atoms with Gasteiger partial charge in [0, 0.05) is 18.5 Å². The molecule has 100 valence electrons. The Morgan fingerprint density at radius 1 is 1.41 bits per heavy atom. The Labute approximate surface area is 106 Å². The number of rotatable bonds is 4. The van der Waals surface area contributed by atoms with E-state index in [4.69, 9.17) is 5.73 Å². The summed E-state index contributed by atoms with van der Waals surface area (Å²) in [6.07, 6.45) is 5.27. The molecule has 3 nitrogen and oxygen atoms in total. The molecule has 0 radical (unpaired) electrons. The van der Waals surface area contributed by atoms with Crippen LogP contribution in [0.2, 0.25) is 0 Å². The lowest BCUT2D eigenvalue weighted by atomic mass is 9.73. The van der Waals surface area contributed by atoms with Gasteiger partial charge in [-0.2, -0.15) is 0 Å². The lowest BCUT2D eigenvalue weighted by Crippen LogP contribution is -2.48. The monoisotopic (exact) mass is 240 g/mol. The second-order valence-corrected chi connectivity index (χ2v) is 6.47. The van der Waals surface area contributed by atoms with E-state index in [1.54, 1.807) is 0 Å². The Hall–Kier alpha value is -0.570. The molecule has 3 N–H and O–H groups in total. The molecular weight excluding hydrogens is 212 g/mol. The third kappa shape index (κ3) is 4.30. The number of carbonyl (C=O) groups excluding carboxylic acids is 1. The van der Waals surface area contributed by atoms with Gasteiger partial charge in [-0.3, -0.25) is 4.79 Å². The highest BCUT2D eigenvalue weighted by Crippen LogP contribution is 2.35. The van der Waals surface area contributed by atoms with Crippen molar-refractivity contribution in [3.05, 3.63) is 0 Å². The van der Waals surface area contributed by atoms with Crippen molar-refractivity contribution in [2.45, 2.75) is 71.9 Å². The molecule has 0 bridgehead atoms. The second kappa shape index (κ2) is 5.85. The standard InChI is InChI=1S/C14H28N2O/c1-10(2)11(15)9-13(17)16-12-7-5-6-8-14(12,3)4/h10-12H,5-9,15H2,1-4H3,(H,16,17). The van der Waals surface area contributed by atoms with Gasteiger partial charge in [0.2, 0.25) is 5.91 Å². The van der Waals surface area contributed by atoms with Crippen LogP contribution in [0.5, 0.6) is 0 Å². The second-order valence-electron chi connectivity index (χ2n) is 6.47. The van der Waals surface area contributed by atoms with Crippen molar-refractivity contribution in [2.75, 3.05) is 0 Å². The summed E-state index contributed by atoms with van der Waals surface area (Å²) in [6.45, 7) is 8.62. The van der Waals surface area contributed by atoms with Gasteiger partial charge in [-0.15, -0.1) is 0 Å². The third-order valence-electron chi connectivity index (χ3n) is 4.12. The fraction of sp³-hybridized carbons (Fsp3) is 0.929. The van der Waals surface area contributed by atoms with Crippen molar-refractivity contribution in [3.8, 4) is 0 Å². The Kier molecular flexibility index (Phi) is 4.99. The van der Waals surface area contributed by atoms with Crippen LogP contribution < -0.4 is 11.1 Å². The molecule has 2 atom stereocenters. The molecule has 1 saturated carbocycles. The first-order valence-corrected chi connectivity index (χ1v) is 6.88. The van der Waals surface area contributed by atoms with Crippen LogP contribution in [-0.2, 0) is 4.79 Å². The van der Waals surface area contributed by atoms with Gasteiger partial charge in [0.25, 0.3) is 0 Å². The molecule has 0 heterocycles. The summed E-state index contributed by atoms with van der Waals surface area (Å²) in [5, 5.41) is 3.18. The maximum atomic E-state index is 11.9. The Bertz CT molecular complexity index is 261. The molecule has 1 rings (SSSR count). The van der Waals surface area contributed by atoms with E-state index < -0.39 is 0 Å². The average Bonchev–Trinajstić information content (AvgIpc) is 2.20. The summed E-state index contributed by atoms with van der Waals surface area (Å²) in [5.74, 6) is 0.478. The average molecular weight is 240 g/mol. The Morgan fingerprint density at radius 3 is 2.59 bits per heavy atom. The Morgan fingerprint density at radius 2 is 2.06 bits per heavy atom. The van der Waals surface area contributed by atoms with Crippen molar-refractivity contribution in [3.63, 3.8) is 0 Å². The van der Waals surface area contributed by atoms with Gasteiger partial charge in [-0.25, -0.2) is 0 Å². The SMILES string of the molecule is CC(C)C(N)CC(=O)NC1CCCCC1(C)C. The fourth-order valence-electron chi connectivity index (χ4n) is 2.46. The lowest BCUT2D eigenvalue weighted by molar-refractivity contribution is -0.123. The first-order chi connectivity index (χ1) is 7.83. The van der Waals surface area contributed by atoms with Gasteiger partial charge in [-0.1, -0.05) is 40.5 Å². The topological polar surface area (TPSA) is 55.1 Å². The summed E-state index contributed by atoms with van der Waals surface area (Å²) in [7, 11) is 0. The van der Waals surface area contributed by atoms with E-state index in [9.17, 15) is 4.79 Å². The van der Waals surface area contributed by atoms with Crippen LogP contribution >= 0.6 is 0 Å². The molecule has 3 heteroatoms. The van der Waals surface area contributed by atoms with Crippen LogP contribution in [-0.4, -0.2) is 18.0 Å². The van der Waals surface area contributed by atoms with Crippen LogP contribution in [0.3, 0.4) is 0 Å². The zero-order valence-electron chi connectivity index (χ0n) is 11.8. The minimum Gasteiger partial charge on any atom is -0.353 e. The maximum absolute atomic E-state index is 11.9. The van der Waals surface area contributed by atoms with Crippen LogP contribution in [0, 0.1) is 11.3 Å². The number of nitrogens with one attached hydrogen (secondary N) is 1. The number of nitrogens with two attached hydrogens (primary N) is 1. The minimum atomic E-state index is -0.0262. The predicted molar refractivity (Wildman–Crippen MR) is 71.6 cm³/mol. The lowest BCUT2D eigenvalue weighted by Gasteiger charge is -2.39. The van der Waals surface area contributed by atoms with Crippen molar-refractivity contribution in [2.24, 2.45) is 17.1 Å². The van der Waals surface area contributed by atoms with Gasteiger partial charge >= 0.3 is 0 Å². The molecule has 1 amide bonds. The predicted octanol–water partition coefficient (Wildman–Crippen LogP) is 2.44. The highest BCUT2D eigenvalue weighted by Gasteiger charge is 2.33. The molecule has 17 heavy (non-hydrogen) atoms. The van der Waals surface area contributed by atoms with Crippen molar-refractivity contribution < 1.29 is 4.79 Å². The zero-order chi connectivity index (χ0) is 13.1. The van der Waals surface area contributed by atoms with Crippen LogP contribution in [0.25, 0.3) is 0 Å². The van der Waals surface area contributed by atoms with Gasteiger partial charge in [-0.05, 0) is 24.2 Å². The number of hydrogen-bond acceptors (Lipinski definition) is 2.